The lowest BCUT2D eigenvalue weighted by atomic mass is 10.2. The zero-order valence-corrected chi connectivity index (χ0v) is 11.1. The van der Waals surface area contributed by atoms with E-state index in [1.807, 2.05) is 6.92 Å². The van der Waals surface area contributed by atoms with Gasteiger partial charge in [0.15, 0.2) is 20.2 Å². The summed E-state index contributed by atoms with van der Waals surface area (Å²) in [5.41, 5.74) is 0.988. The Hall–Kier alpha value is -0.810. The fourth-order valence-corrected chi connectivity index (χ4v) is 4.24. The minimum Gasteiger partial charge on any atom is -0.298 e. The molecule has 5 heteroatoms. The van der Waals surface area contributed by atoms with Gasteiger partial charge in [-0.15, -0.1) is 11.8 Å². The van der Waals surface area contributed by atoms with Crippen molar-refractivity contribution in [2.45, 2.75) is 23.3 Å². The minimum atomic E-state index is -3.55. The summed E-state index contributed by atoms with van der Waals surface area (Å²) < 4.78 is 23.1. The number of aryl methyl sites for hydroxylation is 1. The second-order valence-corrected chi connectivity index (χ2v) is 6.81. The molecule has 0 spiro atoms. The molecule has 0 bridgehead atoms. The maximum absolute atomic E-state index is 12.1. The largest absolute Gasteiger partial charge is 0.298 e. The smallest absolute Gasteiger partial charge is 0.197 e. The van der Waals surface area contributed by atoms with Crippen LogP contribution in [-0.2, 0) is 14.6 Å². The molecule has 1 atom stereocenters. The third kappa shape index (κ3) is 2.65. The molecule has 1 rings (SSSR count). The maximum Gasteiger partial charge on any atom is 0.197 e. The van der Waals surface area contributed by atoms with Gasteiger partial charge in [0.1, 0.15) is 0 Å². The van der Waals surface area contributed by atoms with E-state index in [1.54, 1.807) is 18.4 Å². The predicted octanol–water partition coefficient (Wildman–Crippen LogP) is 2.05. The standard InChI is InChI=1S/C11H14O3S2/c1-8-4-6-10(7-5-8)16(13,14)11(15-3)9(2)12/h4-7,11H,1-3H3. The van der Waals surface area contributed by atoms with Crippen LogP contribution in [0.1, 0.15) is 12.5 Å². The second kappa shape index (κ2) is 5.01. The second-order valence-electron chi connectivity index (χ2n) is 3.54. The number of hydrogen-bond acceptors (Lipinski definition) is 4. The van der Waals surface area contributed by atoms with Crippen molar-refractivity contribution in [1.29, 1.82) is 0 Å². The quantitative estimate of drug-likeness (QED) is 0.829. The lowest BCUT2D eigenvalue weighted by molar-refractivity contribution is -0.115. The van der Waals surface area contributed by atoms with E-state index in [2.05, 4.69) is 0 Å². The van der Waals surface area contributed by atoms with Crippen LogP contribution >= 0.6 is 11.8 Å². The minimum absolute atomic E-state index is 0.202. The Kier molecular flexibility index (Phi) is 4.15. The molecule has 0 aliphatic carbocycles. The molecule has 3 nitrogen and oxygen atoms in total. The van der Waals surface area contributed by atoms with Gasteiger partial charge in [-0.1, -0.05) is 17.7 Å². The first kappa shape index (κ1) is 13.3. The molecule has 16 heavy (non-hydrogen) atoms. The topological polar surface area (TPSA) is 51.2 Å². The first-order valence-electron chi connectivity index (χ1n) is 4.73. The van der Waals surface area contributed by atoms with Gasteiger partial charge in [0, 0.05) is 0 Å². The van der Waals surface area contributed by atoms with E-state index in [4.69, 9.17) is 0 Å². The van der Waals surface area contributed by atoms with E-state index < -0.39 is 14.4 Å². The Balaban J connectivity index is 3.20. The molecule has 1 aromatic carbocycles. The summed E-state index contributed by atoms with van der Waals surface area (Å²) in [4.78, 5) is 11.5. The SMILES string of the molecule is CSC(C(C)=O)S(=O)(=O)c1ccc(C)cc1. The molecule has 0 saturated heterocycles. The van der Waals surface area contributed by atoms with Crippen LogP contribution < -0.4 is 0 Å². The van der Waals surface area contributed by atoms with Crippen LogP contribution in [0.3, 0.4) is 0 Å². The van der Waals surface area contributed by atoms with Crippen molar-refractivity contribution in [3.63, 3.8) is 0 Å². The van der Waals surface area contributed by atoms with Crippen LogP contribution in [0.15, 0.2) is 29.2 Å². The number of ketones is 1. The van der Waals surface area contributed by atoms with Crippen molar-refractivity contribution in [2.24, 2.45) is 0 Å². The van der Waals surface area contributed by atoms with Crippen LogP contribution in [-0.4, -0.2) is 25.0 Å². The summed E-state index contributed by atoms with van der Waals surface area (Å²) in [6.07, 6.45) is 1.62. The number of rotatable bonds is 4. The molecular weight excluding hydrogens is 244 g/mol. The van der Waals surface area contributed by atoms with Gasteiger partial charge in [0.2, 0.25) is 0 Å². The van der Waals surface area contributed by atoms with Crippen LogP contribution in [0.5, 0.6) is 0 Å². The van der Waals surface area contributed by atoms with Crippen molar-refractivity contribution < 1.29 is 13.2 Å². The summed E-state index contributed by atoms with van der Waals surface area (Å²) in [6.45, 7) is 3.18. The van der Waals surface area contributed by atoms with Gasteiger partial charge in [0.05, 0.1) is 4.90 Å². The fraction of sp³-hybridized carbons (Fsp3) is 0.364. The van der Waals surface area contributed by atoms with Crippen LogP contribution in [0.25, 0.3) is 0 Å². The third-order valence-corrected chi connectivity index (χ3v) is 6.10. The van der Waals surface area contributed by atoms with E-state index >= 15 is 0 Å². The summed E-state index contributed by atoms with van der Waals surface area (Å²) in [7, 11) is -3.55. The van der Waals surface area contributed by atoms with Crippen molar-refractivity contribution in [2.75, 3.05) is 6.26 Å². The monoisotopic (exact) mass is 258 g/mol. The van der Waals surface area contributed by atoms with Gasteiger partial charge >= 0.3 is 0 Å². The van der Waals surface area contributed by atoms with Crippen molar-refractivity contribution in [1.82, 2.24) is 0 Å². The van der Waals surface area contributed by atoms with Crippen molar-refractivity contribution in [3.05, 3.63) is 29.8 Å². The van der Waals surface area contributed by atoms with Crippen LogP contribution in [0.4, 0.5) is 0 Å². The average molecular weight is 258 g/mol. The molecule has 0 fully saturated rings. The highest BCUT2D eigenvalue weighted by Crippen LogP contribution is 2.23. The van der Waals surface area contributed by atoms with Gasteiger partial charge in [-0.25, -0.2) is 8.42 Å². The number of carbonyl (C=O) groups is 1. The molecule has 1 unspecified atom stereocenters. The van der Waals surface area contributed by atoms with Crippen LogP contribution in [0.2, 0.25) is 0 Å². The molecule has 0 radical (unpaired) electrons. The number of thioether (sulfide) groups is 1. The summed E-state index contributed by atoms with van der Waals surface area (Å²) in [5, 5.41) is 0. The number of hydrogen-bond donors (Lipinski definition) is 0. The Bertz CT molecular complexity index is 474. The van der Waals surface area contributed by atoms with Gasteiger partial charge in [0.25, 0.3) is 0 Å². The number of benzene rings is 1. The van der Waals surface area contributed by atoms with Gasteiger partial charge in [-0.3, -0.25) is 4.79 Å². The van der Waals surface area contributed by atoms with Crippen LogP contribution in [0, 0.1) is 6.92 Å². The lowest BCUT2D eigenvalue weighted by Crippen LogP contribution is -2.25. The molecule has 0 aliphatic heterocycles. The third-order valence-electron chi connectivity index (χ3n) is 2.18. The predicted molar refractivity (Wildman–Crippen MR) is 66.3 cm³/mol. The molecule has 0 aromatic heterocycles. The fourth-order valence-electron chi connectivity index (χ4n) is 1.36. The number of Topliss-reactive ketones (excluding diaryl/α,β-unsaturated/α-hetero) is 1. The van der Waals surface area contributed by atoms with E-state index in [1.165, 1.54) is 19.1 Å². The maximum atomic E-state index is 12.1. The molecule has 1 aromatic rings. The van der Waals surface area contributed by atoms with Crippen molar-refractivity contribution >= 4 is 27.4 Å². The Morgan fingerprint density at radius 3 is 2.12 bits per heavy atom. The van der Waals surface area contributed by atoms with Crippen molar-refractivity contribution in [3.8, 4) is 0 Å². The first-order valence-corrected chi connectivity index (χ1v) is 7.57. The molecule has 88 valence electrons. The van der Waals surface area contributed by atoms with E-state index in [-0.39, 0.29) is 10.7 Å². The van der Waals surface area contributed by atoms with Gasteiger partial charge in [-0.05, 0) is 32.2 Å². The molecular formula is C11H14O3S2. The van der Waals surface area contributed by atoms with E-state index in [9.17, 15) is 13.2 Å². The van der Waals surface area contributed by atoms with E-state index in [0.717, 1.165) is 17.3 Å². The number of sulfone groups is 1. The van der Waals surface area contributed by atoms with Gasteiger partial charge < -0.3 is 0 Å². The zero-order chi connectivity index (χ0) is 12.3. The molecule has 0 N–H and O–H groups in total. The highest BCUT2D eigenvalue weighted by molar-refractivity contribution is 8.14. The molecule has 0 amide bonds. The first-order chi connectivity index (χ1) is 7.39. The normalized spacial score (nSPS) is 13.4. The summed E-state index contributed by atoms with van der Waals surface area (Å²) in [5.74, 6) is -0.340. The van der Waals surface area contributed by atoms with E-state index in [0.29, 0.717) is 0 Å². The Morgan fingerprint density at radius 1 is 1.25 bits per heavy atom. The highest BCUT2D eigenvalue weighted by atomic mass is 32.3. The Labute approximate surface area is 100 Å². The molecule has 0 saturated carbocycles. The van der Waals surface area contributed by atoms with Gasteiger partial charge in [-0.2, -0.15) is 0 Å². The summed E-state index contributed by atoms with van der Waals surface area (Å²) in [6, 6.07) is 6.53. The zero-order valence-electron chi connectivity index (χ0n) is 9.43. The number of carbonyl (C=O) groups excluding carboxylic acids is 1. The highest BCUT2D eigenvalue weighted by Gasteiger charge is 2.30. The average Bonchev–Trinajstić information content (AvgIpc) is 2.18. The Morgan fingerprint density at radius 2 is 1.75 bits per heavy atom. The summed E-state index contributed by atoms with van der Waals surface area (Å²) >= 11 is 1.05. The lowest BCUT2D eigenvalue weighted by Gasteiger charge is -2.12. The molecule has 0 aliphatic rings. The molecule has 0 heterocycles.